The smallest absolute Gasteiger partial charge is 0.257 e. The first kappa shape index (κ1) is 21.8. The molecule has 31 heavy (non-hydrogen) atoms. The van der Waals surface area contributed by atoms with Crippen molar-refractivity contribution in [3.05, 3.63) is 35.4 Å². The van der Waals surface area contributed by atoms with Gasteiger partial charge >= 0.3 is 0 Å². The van der Waals surface area contributed by atoms with Crippen LogP contribution in [0.1, 0.15) is 55.5 Å². The van der Waals surface area contributed by atoms with Crippen molar-refractivity contribution in [3.8, 4) is 0 Å². The highest BCUT2D eigenvalue weighted by atomic mass is 16.5. The van der Waals surface area contributed by atoms with Gasteiger partial charge in [-0.25, -0.2) is 0 Å². The Kier molecular flexibility index (Phi) is 6.06. The molecule has 1 aromatic rings. The summed E-state index contributed by atoms with van der Waals surface area (Å²) < 4.78 is 6.23. The third kappa shape index (κ3) is 4.33. The summed E-state index contributed by atoms with van der Waals surface area (Å²) in [7, 11) is 0. The molecule has 3 amide bonds. The highest BCUT2D eigenvalue weighted by Crippen LogP contribution is 2.40. The Morgan fingerprint density at radius 1 is 1.16 bits per heavy atom. The normalized spacial score (nSPS) is 22.8. The van der Waals surface area contributed by atoms with Gasteiger partial charge in [-0.2, -0.15) is 0 Å². The van der Waals surface area contributed by atoms with E-state index in [0.29, 0.717) is 44.0 Å². The van der Waals surface area contributed by atoms with Gasteiger partial charge in [-0.05, 0) is 37.3 Å². The Morgan fingerprint density at radius 2 is 1.84 bits per heavy atom. The number of rotatable bonds is 5. The number of carbonyl (C=O) groups excluding carboxylic acids is 3. The SMILES string of the molecule is Cc1ccccc1C(=O)N1[C@@H](C(=O)NCC(C)C)COC12CCN(C(=O)C1CC1)CC2. The first-order valence-electron chi connectivity index (χ1n) is 11.4. The van der Waals surface area contributed by atoms with E-state index in [0.717, 1.165) is 18.4 Å². The van der Waals surface area contributed by atoms with Crippen LogP contribution in [0, 0.1) is 18.8 Å². The molecule has 1 saturated carbocycles. The molecule has 3 fully saturated rings. The molecule has 2 heterocycles. The number of likely N-dealkylation sites (tertiary alicyclic amines) is 1. The zero-order chi connectivity index (χ0) is 22.2. The van der Waals surface area contributed by atoms with E-state index in [1.807, 2.05) is 43.9 Å². The van der Waals surface area contributed by atoms with Gasteiger partial charge in [-0.15, -0.1) is 0 Å². The first-order valence-corrected chi connectivity index (χ1v) is 11.4. The maximum absolute atomic E-state index is 13.7. The lowest BCUT2D eigenvalue weighted by atomic mass is 9.95. The highest BCUT2D eigenvalue weighted by molar-refractivity contribution is 5.99. The number of hydrogen-bond donors (Lipinski definition) is 1. The molecule has 0 bridgehead atoms. The van der Waals surface area contributed by atoms with E-state index in [9.17, 15) is 14.4 Å². The fourth-order valence-corrected chi connectivity index (χ4v) is 4.60. The number of amides is 3. The van der Waals surface area contributed by atoms with Crippen LogP contribution in [0.4, 0.5) is 0 Å². The predicted molar refractivity (Wildman–Crippen MR) is 116 cm³/mol. The van der Waals surface area contributed by atoms with E-state index in [1.165, 1.54) is 0 Å². The van der Waals surface area contributed by atoms with E-state index < -0.39 is 11.8 Å². The number of nitrogens with one attached hydrogen (secondary N) is 1. The van der Waals surface area contributed by atoms with Crippen LogP contribution in [0.3, 0.4) is 0 Å². The second-order valence-corrected chi connectivity index (χ2v) is 9.50. The maximum atomic E-state index is 13.7. The zero-order valence-electron chi connectivity index (χ0n) is 18.7. The van der Waals surface area contributed by atoms with Crippen LogP contribution in [0.15, 0.2) is 24.3 Å². The lowest BCUT2D eigenvalue weighted by Crippen LogP contribution is -2.60. The van der Waals surface area contributed by atoms with Crippen molar-refractivity contribution in [1.29, 1.82) is 0 Å². The molecular weight excluding hydrogens is 394 g/mol. The summed E-state index contributed by atoms with van der Waals surface area (Å²) >= 11 is 0. The number of nitrogens with zero attached hydrogens (tertiary/aromatic N) is 2. The summed E-state index contributed by atoms with van der Waals surface area (Å²) in [5.74, 6) is 0.359. The molecule has 7 heteroatoms. The molecule has 1 aliphatic carbocycles. The topological polar surface area (TPSA) is 79.0 Å². The molecule has 1 atom stereocenters. The molecule has 7 nitrogen and oxygen atoms in total. The lowest BCUT2D eigenvalue weighted by molar-refractivity contribution is -0.144. The van der Waals surface area contributed by atoms with Crippen LogP contribution < -0.4 is 5.32 Å². The van der Waals surface area contributed by atoms with Crippen LogP contribution in [-0.2, 0) is 14.3 Å². The van der Waals surface area contributed by atoms with Gasteiger partial charge in [-0.3, -0.25) is 19.3 Å². The van der Waals surface area contributed by atoms with E-state index in [2.05, 4.69) is 5.32 Å². The molecule has 168 valence electrons. The Bertz CT molecular complexity index is 856. The third-order valence-electron chi connectivity index (χ3n) is 6.63. The molecule has 2 aliphatic heterocycles. The molecule has 1 spiro atoms. The fourth-order valence-electron chi connectivity index (χ4n) is 4.60. The van der Waals surface area contributed by atoms with Crippen molar-refractivity contribution in [2.24, 2.45) is 11.8 Å². The Hall–Kier alpha value is -2.41. The summed E-state index contributed by atoms with van der Waals surface area (Å²) in [5.41, 5.74) is 0.613. The minimum atomic E-state index is -0.848. The fraction of sp³-hybridized carbons (Fsp3) is 0.625. The van der Waals surface area contributed by atoms with Gasteiger partial charge in [0.25, 0.3) is 5.91 Å². The number of carbonyl (C=O) groups is 3. The average Bonchev–Trinajstić information content (AvgIpc) is 3.54. The van der Waals surface area contributed by atoms with E-state index >= 15 is 0 Å². The quantitative estimate of drug-likeness (QED) is 0.782. The number of benzene rings is 1. The molecule has 0 radical (unpaired) electrons. The number of piperidine rings is 1. The van der Waals surface area contributed by atoms with Gasteiger partial charge < -0.3 is 15.0 Å². The lowest BCUT2D eigenvalue weighted by Gasteiger charge is -2.44. The summed E-state index contributed by atoms with van der Waals surface area (Å²) in [6, 6.07) is 6.78. The summed E-state index contributed by atoms with van der Waals surface area (Å²) in [6.07, 6.45) is 3.01. The minimum Gasteiger partial charge on any atom is -0.354 e. The molecule has 0 unspecified atom stereocenters. The van der Waals surface area contributed by atoms with Crippen molar-refractivity contribution in [2.75, 3.05) is 26.2 Å². The molecule has 2 saturated heterocycles. The Balaban J connectivity index is 1.58. The van der Waals surface area contributed by atoms with Crippen LogP contribution in [-0.4, -0.2) is 65.5 Å². The van der Waals surface area contributed by atoms with E-state index in [4.69, 9.17) is 4.74 Å². The van der Waals surface area contributed by atoms with Gasteiger partial charge in [0.1, 0.15) is 11.8 Å². The van der Waals surface area contributed by atoms with Crippen molar-refractivity contribution in [3.63, 3.8) is 0 Å². The molecule has 0 aromatic heterocycles. The van der Waals surface area contributed by atoms with Gasteiger partial charge in [-0.1, -0.05) is 32.0 Å². The Morgan fingerprint density at radius 3 is 2.45 bits per heavy atom. The molecule has 1 aromatic carbocycles. The molecular formula is C24H33N3O4. The summed E-state index contributed by atoms with van der Waals surface area (Å²) in [5, 5.41) is 2.97. The highest BCUT2D eigenvalue weighted by Gasteiger charge is 2.54. The van der Waals surface area contributed by atoms with Crippen molar-refractivity contribution in [2.45, 2.75) is 58.2 Å². The Labute approximate surface area is 184 Å². The van der Waals surface area contributed by atoms with Gasteiger partial charge in [0.05, 0.1) is 6.61 Å². The summed E-state index contributed by atoms with van der Waals surface area (Å²) in [6.45, 7) is 7.81. The number of aryl methyl sites for hydroxylation is 1. The summed E-state index contributed by atoms with van der Waals surface area (Å²) in [4.78, 5) is 42.8. The standard InChI is InChI=1S/C24H33N3O4/c1-16(2)14-25-21(28)20-15-31-24(10-12-26(13-11-24)22(29)18-8-9-18)27(20)23(30)19-7-5-4-6-17(19)3/h4-7,16,18,20H,8-15H2,1-3H3,(H,25,28)/t20-/m1/s1. The minimum absolute atomic E-state index is 0.177. The predicted octanol–water partition coefficient (Wildman–Crippen LogP) is 2.34. The molecule has 3 aliphatic rings. The average molecular weight is 428 g/mol. The molecule has 1 N–H and O–H groups in total. The number of ether oxygens (including phenoxy) is 1. The third-order valence-corrected chi connectivity index (χ3v) is 6.63. The van der Waals surface area contributed by atoms with E-state index in [-0.39, 0.29) is 30.2 Å². The maximum Gasteiger partial charge on any atom is 0.257 e. The second-order valence-electron chi connectivity index (χ2n) is 9.50. The van der Waals surface area contributed by atoms with E-state index in [1.54, 1.807) is 11.0 Å². The monoisotopic (exact) mass is 427 g/mol. The van der Waals surface area contributed by atoms with Crippen LogP contribution in [0.5, 0.6) is 0 Å². The van der Waals surface area contributed by atoms with Crippen LogP contribution >= 0.6 is 0 Å². The van der Waals surface area contributed by atoms with Gasteiger partial charge in [0.2, 0.25) is 11.8 Å². The van der Waals surface area contributed by atoms with Crippen molar-refractivity contribution < 1.29 is 19.1 Å². The zero-order valence-corrected chi connectivity index (χ0v) is 18.7. The van der Waals surface area contributed by atoms with Crippen molar-refractivity contribution >= 4 is 17.7 Å². The number of hydrogen-bond acceptors (Lipinski definition) is 4. The first-order chi connectivity index (χ1) is 14.8. The van der Waals surface area contributed by atoms with Crippen LogP contribution in [0.25, 0.3) is 0 Å². The van der Waals surface area contributed by atoms with Gasteiger partial charge in [0.15, 0.2) is 0 Å². The van der Waals surface area contributed by atoms with Crippen LogP contribution in [0.2, 0.25) is 0 Å². The van der Waals surface area contributed by atoms with Gasteiger partial charge in [0, 0.05) is 44.0 Å². The van der Waals surface area contributed by atoms with Crippen molar-refractivity contribution in [1.82, 2.24) is 15.1 Å². The largest absolute Gasteiger partial charge is 0.354 e. The second kappa shape index (κ2) is 8.61. The molecule has 4 rings (SSSR count).